The van der Waals surface area contributed by atoms with Crippen molar-refractivity contribution < 1.29 is 4.79 Å². The minimum atomic E-state index is -0.145. The Hall–Kier alpha value is -3.28. The molecule has 0 aliphatic carbocycles. The molecule has 0 atom stereocenters. The molecule has 0 aliphatic heterocycles. The van der Waals surface area contributed by atoms with Crippen molar-refractivity contribution in [3.8, 4) is 5.69 Å². The average Bonchev–Trinajstić information content (AvgIpc) is 3.25. The SMILES string of the molecule is CN(CCCNC(=O)NCc1ccc(-n2cccn2)cc1)c1ccccc1. The van der Waals surface area contributed by atoms with E-state index in [4.69, 9.17) is 0 Å². The van der Waals surface area contributed by atoms with Crippen LogP contribution < -0.4 is 15.5 Å². The molecular formula is C21H25N5O. The lowest BCUT2D eigenvalue weighted by molar-refractivity contribution is 0.240. The van der Waals surface area contributed by atoms with Crippen LogP contribution in [-0.2, 0) is 6.54 Å². The molecule has 0 spiro atoms. The van der Waals surface area contributed by atoms with Gasteiger partial charge < -0.3 is 15.5 Å². The molecule has 3 rings (SSSR count). The van der Waals surface area contributed by atoms with Gasteiger partial charge in [0.15, 0.2) is 0 Å². The summed E-state index contributed by atoms with van der Waals surface area (Å²) in [6, 6.07) is 19.9. The van der Waals surface area contributed by atoms with Crippen LogP contribution in [0.25, 0.3) is 5.69 Å². The lowest BCUT2D eigenvalue weighted by Crippen LogP contribution is -2.36. The molecule has 2 aromatic carbocycles. The molecule has 6 heteroatoms. The third-order valence-corrected chi connectivity index (χ3v) is 4.31. The number of nitrogens with one attached hydrogen (secondary N) is 2. The van der Waals surface area contributed by atoms with Crippen molar-refractivity contribution in [3.63, 3.8) is 0 Å². The van der Waals surface area contributed by atoms with Crippen LogP contribution in [0.3, 0.4) is 0 Å². The van der Waals surface area contributed by atoms with Crippen LogP contribution in [0.1, 0.15) is 12.0 Å². The third-order valence-electron chi connectivity index (χ3n) is 4.31. The van der Waals surface area contributed by atoms with Gasteiger partial charge in [-0.15, -0.1) is 0 Å². The van der Waals surface area contributed by atoms with Gasteiger partial charge in [-0.05, 0) is 42.3 Å². The van der Waals surface area contributed by atoms with Crippen molar-refractivity contribution in [2.45, 2.75) is 13.0 Å². The second-order valence-corrected chi connectivity index (χ2v) is 6.34. The number of aromatic nitrogens is 2. The van der Waals surface area contributed by atoms with Gasteiger partial charge in [0.25, 0.3) is 0 Å². The highest BCUT2D eigenvalue weighted by Crippen LogP contribution is 2.11. The number of carbonyl (C=O) groups excluding carboxylic acids is 1. The molecule has 0 fully saturated rings. The normalized spacial score (nSPS) is 10.4. The van der Waals surface area contributed by atoms with Crippen molar-refractivity contribution in [1.82, 2.24) is 20.4 Å². The van der Waals surface area contributed by atoms with Gasteiger partial charge in [-0.25, -0.2) is 9.48 Å². The van der Waals surface area contributed by atoms with Crippen LogP contribution in [-0.4, -0.2) is 35.9 Å². The summed E-state index contributed by atoms with van der Waals surface area (Å²) in [6.45, 7) is 2.02. The van der Waals surface area contributed by atoms with Gasteiger partial charge >= 0.3 is 6.03 Å². The smallest absolute Gasteiger partial charge is 0.315 e. The topological polar surface area (TPSA) is 62.2 Å². The number of carbonyl (C=O) groups is 1. The molecule has 140 valence electrons. The Balaban J connectivity index is 1.34. The van der Waals surface area contributed by atoms with Crippen molar-refractivity contribution in [1.29, 1.82) is 0 Å². The molecule has 3 aromatic rings. The summed E-state index contributed by atoms with van der Waals surface area (Å²) < 4.78 is 1.80. The van der Waals surface area contributed by atoms with Gasteiger partial charge in [0, 0.05) is 44.8 Å². The van der Waals surface area contributed by atoms with Crippen LogP contribution >= 0.6 is 0 Å². The molecule has 2 N–H and O–H groups in total. The van der Waals surface area contributed by atoms with E-state index in [0.717, 1.165) is 24.2 Å². The Bertz CT molecular complexity index is 816. The van der Waals surface area contributed by atoms with Crippen LogP contribution in [0.15, 0.2) is 73.1 Å². The van der Waals surface area contributed by atoms with E-state index in [9.17, 15) is 4.79 Å². The van der Waals surface area contributed by atoms with Gasteiger partial charge in [-0.1, -0.05) is 30.3 Å². The number of anilines is 1. The fraction of sp³-hybridized carbons (Fsp3) is 0.238. The van der Waals surface area contributed by atoms with E-state index in [-0.39, 0.29) is 6.03 Å². The van der Waals surface area contributed by atoms with E-state index in [1.165, 1.54) is 5.69 Å². The van der Waals surface area contributed by atoms with Gasteiger partial charge in [0.2, 0.25) is 0 Å². The van der Waals surface area contributed by atoms with Crippen molar-refractivity contribution >= 4 is 11.7 Å². The fourth-order valence-electron chi connectivity index (χ4n) is 2.76. The second-order valence-electron chi connectivity index (χ2n) is 6.34. The maximum Gasteiger partial charge on any atom is 0.315 e. The highest BCUT2D eigenvalue weighted by atomic mass is 16.2. The maximum absolute atomic E-state index is 11.9. The number of hydrogen-bond donors (Lipinski definition) is 2. The lowest BCUT2D eigenvalue weighted by Gasteiger charge is -2.19. The Morgan fingerprint density at radius 2 is 1.81 bits per heavy atom. The summed E-state index contributed by atoms with van der Waals surface area (Å²) >= 11 is 0. The predicted molar refractivity (Wildman–Crippen MR) is 108 cm³/mol. The number of nitrogens with zero attached hydrogens (tertiary/aromatic N) is 3. The molecular weight excluding hydrogens is 338 g/mol. The Kier molecular flexibility index (Phi) is 6.46. The molecule has 0 aliphatic rings. The monoisotopic (exact) mass is 363 g/mol. The lowest BCUT2D eigenvalue weighted by atomic mass is 10.2. The molecule has 27 heavy (non-hydrogen) atoms. The zero-order valence-corrected chi connectivity index (χ0v) is 15.5. The van der Waals surface area contributed by atoms with E-state index in [1.54, 1.807) is 10.9 Å². The van der Waals surface area contributed by atoms with Crippen molar-refractivity contribution in [2.24, 2.45) is 0 Å². The van der Waals surface area contributed by atoms with Crippen LogP contribution in [0.5, 0.6) is 0 Å². The molecule has 2 amide bonds. The van der Waals surface area contributed by atoms with E-state index >= 15 is 0 Å². The van der Waals surface area contributed by atoms with Crippen LogP contribution in [0, 0.1) is 0 Å². The fourth-order valence-corrected chi connectivity index (χ4v) is 2.76. The van der Waals surface area contributed by atoms with E-state index in [2.05, 4.69) is 39.8 Å². The van der Waals surface area contributed by atoms with Crippen molar-refractivity contribution in [2.75, 3.05) is 25.0 Å². The molecule has 0 saturated carbocycles. The largest absolute Gasteiger partial charge is 0.375 e. The van der Waals surface area contributed by atoms with Crippen LogP contribution in [0.2, 0.25) is 0 Å². The van der Waals surface area contributed by atoms with Gasteiger partial charge in [-0.3, -0.25) is 0 Å². The predicted octanol–water partition coefficient (Wildman–Crippen LogP) is 3.20. The first-order valence-electron chi connectivity index (χ1n) is 9.09. The number of amides is 2. The molecule has 1 heterocycles. The minimum absolute atomic E-state index is 0.145. The Labute approximate surface area is 159 Å². The molecule has 0 radical (unpaired) electrons. The molecule has 1 aromatic heterocycles. The van der Waals surface area contributed by atoms with Gasteiger partial charge in [0.1, 0.15) is 0 Å². The number of hydrogen-bond acceptors (Lipinski definition) is 3. The maximum atomic E-state index is 11.9. The van der Waals surface area contributed by atoms with E-state index in [1.807, 2.05) is 54.7 Å². The Morgan fingerprint density at radius 3 is 2.52 bits per heavy atom. The zero-order valence-electron chi connectivity index (χ0n) is 15.5. The quantitative estimate of drug-likeness (QED) is 0.604. The summed E-state index contributed by atoms with van der Waals surface area (Å²) in [6.07, 6.45) is 4.53. The standard InChI is InChI=1S/C21H25N5O/c1-25(19-7-3-2-4-8-19)15-5-13-22-21(27)23-17-18-9-11-20(12-10-18)26-16-6-14-24-26/h2-4,6-12,14,16H,5,13,15,17H2,1H3,(H2,22,23,27). The summed E-state index contributed by atoms with van der Waals surface area (Å²) in [5.41, 5.74) is 3.22. The first-order valence-corrected chi connectivity index (χ1v) is 9.09. The van der Waals surface area contributed by atoms with Crippen LogP contribution in [0.4, 0.5) is 10.5 Å². The molecule has 0 saturated heterocycles. The minimum Gasteiger partial charge on any atom is -0.375 e. The summed E-state index contributed by atoms with van der Waals surface area (Å²) in [5, 5.41) is 9.99. The van der Waals surface area contributed by atoms with Gasteiger partial charge in [-0.2, -0.15) is 5.10 Å². The summed E-state index contributed by atoms with van der Waals surface area (Å²) in [4.78, 5) is 14.1. The second kappa shape index (κ2) is 9.43. The number of urea groups is 1. The molecule has 0 bridgehead atoms. The number of benzene rings is 2. The molecule has 0 unspecified atom stereocenters. The highest BCUT2D eigenvalue weighted by Gasteiger charge is 2.03. The summed E-state index contributed by atoms with van der Waals surface area (Å²) in [7, 11) is 2.06. The Morgan fingerprint density at radius 1 is 1.04 bits per heavy atom. The first-order chi connectivity index (χ1) is 13.2. The van der Waals surface area contributed by atoms with E-state index in [0.29, 0.717) is 13.1 Å². The number of para-hydroxylation sites is 1. The summed E-state index contributed by atoms with van der Waals surface area (Å²) in [5.74, 6) is 0. The first kappa shape index (κ1) is 18.5. The highest BCUT2D eigenvalue weighted by molar-refractivity contribution is 5.73. The molecule has 6 nitrogen and oxygen atoms in total. The third kappa shape index (κ3) is 5.60. The zero-order chi connectivity index (χ0) is 18.9. The van der Waals surface area contributed by atoms with Gasteiger partial charge in [0.05, 0.1) is 5.69 Å². The van der Waals surface area contributed by atoms with E-state index < -0.39 is 0 Å². The average molecular weight is 363 g/mol. The number of rotatable bonds is 8. The van der Waals surface area contributed by atoms with Crippen molar-refractivity contribution in [3.05, 3.63) is 78.6 Å².